The molecule has 0 bridgehead atoms. The van der Waals surface area contributed by atoms with Gasteiger partial charge in [-0.1, -0.05) is 37.6 Å². The quantitative estimate of drug-likeness (QED) is 0.726. The van der Waals surface area contributed by atoms with E-state index in [1.807, 2.05) is 0 Å². The van der Waals surface area contributed by atoms with E-state index in [2.05, 4.69) is 50.2 Å². The van der Waals surface area contributed by atoms with E-state index in [4.69, 9.17) is 0 Å². The van der Waals surface area contributed by atoms with Crippen molar-refractivity contribution in [3.8, 4) is 0 Å². The minimum absolute atomic E-state index is 0.864. The summed E-state index contributed by atoms with van der Waals surface area (Å²) in [5.74, 6) is 1.83. The molecule has 0 amide bonds. The van der Waals surface area contributed by atoms with Gasteiger partial charge in [-0.25, -0.2) is 0 Å². The van der Waals surface area contributed by atoms with Gasteiger partial charge < -0.3 is 4.90 Å². The third-order valence-corrected chi connectivity index (χ3v) is 3.35. The first-order valence-corrected chi connectivity index (χ1v) is 5.94. The fourth-order valence-corrected chi connectivity index (χ4v) is 2.34. The maximum absolute atomic E-state index is 2.32. The molecule has 1 aromatic rings. The third-order valence-electron chi connectivity index (χ3n) is 3.35. The maximum Gasteiger partial charge on any atom is 0.0227 e. The van der Waals surface area contributed by atoms with Crippen LogP contribution in [0.3, 0.4) is 0 Å². The molecule has 2 rings (SSSR count). The van der Waals surface area contributed by atoms with E-state index < -0.39 is 0 Å². The van der Waals surface area contributed by atoms with Crippen LogP contribution in [0, 0.1) is 5.92 Å². The summed E-state index contributed by atoms with van der Waals surface area (Å²) in [7, 11) is 4.23. The summed E-state index contributed by atoms with van der Waals surface area (Å²) in [6.45, 7) is 3.34. The highest BCUT2D eigenvalue weighted by molar-refractivity contribution is 5.29. The van der Waals surface area contributed by atoms with Gasteiger partial charge in [0.25, 0.3) is 0 Å². The minimum Gasteiger partial charge on any atom is -0.305 e. The largest absolute Gasteiger partial charge is 0.305 e. The lowest BCUT2D eigenvalue weighted by molar-refractivity contribution is 0.402. The van der Waals surface area contributed by atoms with Crippen molar-refractivity contribution >= 4 is 0 Å². The second-order valence-corrected chi connectivity index (χ2v) is 4.99. The molecule has 0 spiro atoms. The van der Waals surface area contributed by atoms with Crippen LogP contribution in [-0.4, -0.2) is 19.0 Å². The highest BCUT2D eigenvalue weighted by atomic mass is 15.0. The van der Waals surface area contributed by atoms with Crippen LogP contribution in [0.25, 0.3) is 0 Å². The van der Waals surface area contributed by atoms with Gasteiger partial charge in [0.2, 0.25) is 0 Å². The second kappa shape index (κ2) is 4.36. The molecule has 1 fully saturated rings. The van der Waals surface area contributed by atoms with Gasteiger partial charge in [-0.15, -0.1) is 0 Å². The average Bonchev–Trinajstić information content (AvgIpc) is 2.97. The molecular weight excluding hydrogens is 182 g/mol. The molecule has 0 heterocycles. The van der Waals surface area contributed by atoms with Gasteiger partial charge in [-0.3, -0.25) is 0 Å². The highest BCUT2D eigenvalue weighted by Crippen LogP contribution is 2.49. The zero-order valence-corrected chi connectivity index (χ0v) is 10.0. The van der Waals surface area contributed by atoms with Crippen LogP contribution >= 0.6 is 0 Å². The fraction of sp³-hybridized carbons (Fsp3) is 0.571. The van der Waals surface area contributed by atoms with Crippen LogP contribution in [0.4, 0.5) is 0 Å². The summed E-state index contributed by atoms with van der Waals surface area (Å²) in [6.07, 6.45) is 2.74. The van der Waals surface area contributed by atoms with E-state index in [9.17, 15) is 0 Å². The van der Waals surface area contributed by atoms with Crippen molar-refractivity contribution in [2.75, 3.05) is 14.1 Å². The molecule has 2 atom stereocenters. The molecule has 1 aromatic carbocycles. The molecule has 0 aromatic heterocycles. The molecule has 82 valence electrons. The Morgan fingerprint density at radius 1 is 1.20 bits per heavy atom. The van der Waals surface area contributed by atoms with Crippen LogP contribution < -0.4 is 0 Å². The number of rotatable bonds is 4. The monoisotopic (exact) mass is 203 g/mol. The average molecular weight is 203 g/mol. The van der Waals surface area contributed by atoms with E-state index in [1.54, 1.807) is 5.56 Å². The zero-order valence-electron chi connectivity index (χ0n) is 10.0. The molecule has 2 unspecified atom stereocenters. The summed E-state index contributed by atoms with van der Waals surface area (Å²) in [4.78, 5) is 2.21. The van der Waals surface area contributed by atoms with Gasteiger partial charge in [0.15, 0.2) is 0 Å². The Balaban J connectivity index is 1.99. The molecule has 15 heavy (non-hydrogen) atoms. The van der Waals surface area contributed by atoms with Gasteiger partial charge >= 0.3 is 0 Å². The Morgan fingerprint density at radius 2 is 1.87 bits per heavy atom. The Kier molecular flexibility index (Phi) is 3.11. The predicted octanol–water partition coefficient (Wildman–Crippen LogP) is 3.26. The van der Waals surface area contributed by atoms with Crippen molar-refractivity contribution in [1.29, 1.82) is 0 Å². The van der Waals surface area contributed by atoms with Crippen molar-refractivity contribution < 1.29 is 0 Å². The molecule has 0 saturated heterocycles. The van der Waals surface area contributed by atoms with Gasteiger partial charge in [0.05, 0.1) is 0 Å². The van der Waals surface area contributed by atoms with Gasteiger partial charge in [0, 0.05) is 6.54 Å². The Bertz CT molecular complexity index is 313. The van der Waals surface area contributed by atoms with Crippen molar-refractivity contribution in [2.45, 2.75) is 32.2 Å². The number of benzene rings is 1. The van der Waals surface area contributed by atoms with E-state index in [0.717, 1.165) is 18.4 Å². The smallest absolute Gasteiger partial charge is 0.0227 e. The fourth-order valence-electron chi connectivity index (χ4n) is 2.34. The van der Waals surface area contributed by atoms with Gasteiger partial charge in [-0.2, -0.15) is 0 Å². The SMILES string of the molecule is CCC1CC1c1ccc(CN(C)C)cc1. The summed E-state index contributed by atoms with van der Waals surface area (Å²) in [6, 6.07) is 9.19. The molecule has 1 heteroatoms. The summed E-state index contributed by atoms with van der Waals surface area (Å²) in [5, 5.41) is 0. The first kappa shape index (κ1) is 10.7. The second-order valence-electron chi connectivity index (χ2n) is 4.99. The van der Waals surface area contributed by atoms with Gasteiger partial charge in [0.1, 0.15) is 0 Å². The summed E-state index contributed by atoms with van der Waals surface area (Å²) < 4.78 is 0. The molecule has 1 aliphatic rings. The van der Waals surface area contributed by atoms with E-state index in [0.29, 0.717) is 0 Å². The first-order chi connectivity index (χ1) is 7.20. The Labute approximate surface area is 93.1 Å². The summed E-state index contributed by atoms with van der Waals surface area (Å²) >= 11 is 0. The highest BCUT2D eigenvalue weighted by Gasteiger charge is 2.36. The van der Waals surface area contributed by atoms with E-state index in [-0.39, 0.29) is 0 Å². The zero-order chi connectivity index (χ0) is 10.8. The number of hydrogen-bond acceptors (Lipinski definition) is 1. The maximum atomic E-state index is 2.32. The summed E-state index contributed by atoms with van der Waals surface area (Å²) in [5.41, 5.74) is 2.96. The first-order valence-electron chi connectivity index (χ1n) is 5.94. The van der Waals surface area contributed by atoms with Crippen LogP contribution in [0.2, 0.25) is 0 Å². The molecule has 0 radical (unpaired) electrons. The molecule has 0 aliphatic heterocycles. The molecule has 1 saturated carbocycles. The lowest BCUT2D eigenvalue weighted by Crippen LogP contribution is -2.10. The van der Waals surface area contributed by atoms with Crippen molar-refractivity contribution in [3.05, 3.63) is 35.4 Å². The van der Waals surface area contributed by atoms with E-state index in [1.165, 1.54) is 18.4 Å². The lowest BCUT2D eigenvalue weighted by Gasteiger charge is -2.10. The molecule has 0 N–H and O–H groups in total. The van der Waals surface area contributed by atoms with Gasteiger partial charge in [-0.05, 0) is 43.5 Å². The minimum atomic E-state index is 0.864. The standard InChI is InChI=1S/C14H21N/c1-4-12-9-14(12)13-7-5-11(6-8-13)10-15(2)3/h5-8,12,14H,4,9-10H2,1-3H3. The number of hydrogen-bond donors (Lipinski definition) is 0. The Hall–Kier alpha value is -0.820. The predicted molar refractivity (Wildman–Crippen MR) is 65.0 cm³/mol. The molecule has 1 nitrogen and oxygen atoms in total. The molecule has 1 aliphatic carbocycles. The van der Waals surface area contributed by atoms with Crippen molar-refractivity contribution in [3.63, 3.8) is 0 Å². The number of nitrogens with zero attached hydrogens (tertiary/aromatic N) is 1. The molecular formula is C14H21N. The normalized spacial score (nSPS) is 24.5. The van der Waals surface area contributed by atoms with E-state index >= 15 is 0 Å². The van der Waals surface area contributed by atoms with Crippen molar-refractivity contribution in [1.82, 2.24) is 4.90 Å². The van der Waals surface area contributed by atoms with Crippen LogP contribution in [0.15, 0.2) is 24.3 Å². The van der Waals surface area contributed by atoms with Crippen molar-refractivity contribution in [2.24, 2.45) is 5.92 Å². The van der Waals surface area contributed by atoms with Crippen LogP contribution in [0.5, 0.6) is 0 Å². The van der Waals surface area contributed by atoms with Crippen LogP contribution in [-0.2, 0) is 6.54 Å². The Morgan fingerprint density at radius 3 is 2.33 bits per heavy atom. The van der Waals surface area contributed by atoms with Crippen LogP contribution in [0.1, 0.15) is 36.8 Å². The third kappa shape index (κ3) is 2.60. The topological polar surface area (TPSA) is 3.24 Å². The lowest BCUT2D eigenvalue weighted by atomic mass is 10.1.